The molecule has 4 nitrogen and oxygen atoms in total. The van der Waals surface area contributed by atoms with Crippen LogP contribution in [0.4, 0.5) is 5.69 Å². The molecule has 0 unspecified atom stereocenters. The average Bonchev–Trinajstić information content (AvgIpc) is 3.05. The van der Waals surface area contributed by atoms with Crippen LogP contribution in [0, 0.1) is 6.92 Å². The molecule has 0 aromatic heterocycles. The Bertz CT molecular complexity index is 414. The molecule has 0 spiro atoms. The highest BCUT2D eigenvalue weighted by molar-refractivity contribution is 5.64. The van der Waals surface area contributed by atoms with E-state index in [2.05, 4.69) is 5.32 Å². The van der Waals surface area contributed by atoms with Gasteiger partial charge in [0.15, 0.2) is 0 Å². The number of nitrogens with one attached hydrogen (secondary N) is 1. The molecular formula is C13H20N2O2. The summed E-state index contributed by atoms with van der Waals surface area (Å²) < 4.78 is 10.6. The zero-order valence-corrected chi connectivity index (χ0v) is 10.7. The summed E-state index contributed by atoms with van der Waals surface area (Å²) in [5, 5.41) is 3.38. The Balaban J connectivity index is 2.18. The summed E-state index contributed by atoms with van der Waals surface area (Å²) in [6.07, 6.45) is 2.19. The first-order valence-electron chi connectivity index (χ1n) is 5.83. The van der Waals surface area contributed by atoms with Crippen molar-refractivity contribution in [3.05, 3.63) is 17.7 Å². The van der Waals surface area contributed by atoms with E-state index < -0.39 is 0 Å². The Labute approximate surface area is 102 Å². The first-order chi connectivity index (χ1) is 8.08. The largest absolute Gasteiger partial charge is 0.497 e. The van der Waals surface area contributed by atoms with Gasteiger partial charge in [0.05, 0.1) is 19.9 Å². The Morgan fingerprint density at radius 1 is 1.29 bits per heavy atom. The molecular weight excluding hydrogens is 216 g/mol. The number of nitrogens with two attached hydrogens (primary N) is 1. The molecule has 1 aliphatic rings. The van der Waals surface area contributed by atoms with Gasteiger partial charge in [0, 0.05) is 18.2 Å². The van der Waals surface area contributed by atoms with Crippen LogP contribution in [-0.4, -0.2) is 26.3 Å². The Morgan fingerprint density at radius 2 is 2.00 bits per heavy atom. The van der Waals surface area contributed by atoms with E-state index >= 15 is 0 Å². The van der Waals surface area contributed by atoms with E-state index in [-0.39, 0.29) is 5.54 Å². The van der Waals surface area contributed by atoms with Gasteiger partial charge in [-0.2, -0.15) is 0 Å². The molecule has 0 heterocycles. The fourth-order valence-electron chi connectivity index (χ4n) is 1.83. The molecule has 94 valence electrons. The Kier molecular flexibility index (Phi) is 3.15. The molecule has 1 fully saturated rings. The van der Waals surface area contributed by atoms with Crippen molar-refractivity contribution in [2.75, 3.05) is 26.1 Å². The van der Waals surface area contributed by atoms with Gasteiger partial charge < -0.3 is 20.5 Å². The molecule has 0 amide bonds. The zero-order chi connectivity index (χ0) is 12.5. The average molecular weight is 236 g/mol. The number of benzene rings is 1. The summed E-state index contributed by atoms with van der Waals surface area (Å²) in [7, 11) is 3.31. The standard InChI is InChI=1S/C13H20N2O2/c1-9-6-10(16-2)7-11(17-3)12(9)15-8-13(14)4-5-13/h6-7,15H,4-5,8,14H2,1-3H3. The molecule has 0 aliphatic heterocycles. The van der Waals surface area contributed by atoms with Crippen molar-refractivity contribution >= 4 is 5.69 Å². The second-order valence-corrected chi connectivity index (χ2v) is 4.74. The van der Waals surface area contributed by atoms with Crippen LogP contribution in [0.1, 0.15) is 18.4 Å². The van der Waals surface area contributed by atoms with E-state index in [1.165, 1.54) is 0 Å². The minimum absolute atomic E-state index is 0.0165. The summed E-state index contributed by atoms with van der Waals surface area (Å²) in [4.78, 5) is 0. The predicted octanol–water partition coefficient (Wildman–Crippen LogP) is 1.92. The van der Waals surface area contributed by atoms with Crippen LogP contribution in [0.3, 0.4) is 0 Å². The summed E-state index contributed by atoms with van der Waals surface area (Å²) in [5.41, 5.74) is 8.15. The second kappa shape index (κ2) is 4.45. The van der Waals surface area contributed by atoms with Crippen LogP contribution >= 0.6 is 0 Å². The SMILES string of the molecule is COc1cc(C)c(NCC2(N)CC2)c(OC)c1. The number of hydrogen-bond acceptors (Lipinski definition) is 4. The minimum atomic E-state index is -0.0165. The zero-order valence-electron chi connectivity index (χ0n) is 10.7. The topological polar surface area (TPSA) is 56.5 Å². The first kappa shape index (κ1) is 12.0. The molecule has 4 heteroatoms. The van der Waals surface area contributed by atoms with Gasteiger partial charge in [0.2, 0.25) is 0 Å². The van der Waals surface area contributed by atoms with Crippen LogP contribution < -0.4 is 20.5 Å². The van der Waals surface area contributed by atoms with Gasteiger partial charge in [0.1, 0.15) is 11.5 Å². The highest BCUT2D eigenvalue weighted by Crippen LogP contribution is 2.36. The fraction of sp³-hybridized carbons (Fsp3) is 0.538. The summed E-state index contributed by atoms with van der Waals surface area (Å²) in [6, 6.07) is 3.87. The smallest absolute Gasteiger partial charge is 0.145 e. The molecule has 0 saturated heterocycles. The van der Waals surface area contributed by atoms with Crippen molar-refractivity contribution in [1.29, 1.82) is 0 Å². The first-order valence-corrected chi connectivity index (χ1v) is 5.83. The summed E-state index contributed by atoms with van der Waals surface area (Å²) >= 11 is 0. The van der Waals surface area contributed by atoms with Crippen LogP contribution in [0.2, 0.25) is 0 Å². The van der Waals surface area contributed by atoms with Crippen molar-refractivity contribution in [3.8, 4) is 11.5 Å². The maximum Gasteiger partial charge on any atom is 0.145 e. The van der Waals surface area contributed by atoms with Crippen molar-refractivity contribution in [2.45, 2.75) is 25.3 Å². The van der Waals surface area contributed by atoms with Gasteiger partial charge in [-0.15, -0.1) is 0 Å². The Hall–Kier alpha value is -1.42. The molecule has 1 aliphatic carbocycles. The predicted molar refractivity (Wildman–Crippen MR) is 68.9 cm³/mol. The third-order valence-electron chi connectivity index (χ3n) is 3.24. The number of methoxy groups -OCH3 is 2. The van der Waals surface area contributed by atoms with Gasteiger partial charge in [-0.1, -0.05) is 0 Å². The molecule has 0 radical (unpaired) electrons. The maximum absolute atomic E-state index is 6.06. The lowest BCUT2D eigenvalue weighted by Crippen LogP contribution is -2.31. The van der Waals surface area contributed by atoms with E-state index in [4.69, 9.17) is 15.2 Å². The quantitative estimate of drug-likeness (QED) is 0.820. The van der Waals surface area contributed by atoms with Gasteiger partial charge in [0.25, 0.3) is 0 Å². The van der Waals surface area contributed by atoms with E-state index in [1.807, 2.05) is 19.1 Å². The number of aryl methyl sites for hydroxylation is 1. The van der Waals surface area contributed by atoms with E-state index in [0.29, 0.717) is 0 Å². The molecule has 17 heavy (non-hydrogen) atoms. The van der Waals surface area contributed by atoms with E-state index in [9.17, 15) is 0 Å². The third-order valence-corrected chi connectivity index (χ3v) is 3.24. The van der Waals surface area contributed by atoms with Crippen LogP contribution in [0.5, 0.6) is 11.5 Å². The van der Waals surface area contributed by atoms with Crippen LogP contribution in [0.25, 0.3) is 0 Å². The summed E-state index contributed by atoms with van der Waals surface area (Å²) in [6.45, 7) is 2.82. The fourth-order valence-corrected chi connectivity index (χ4v) is 1.83. The normalized spacial score (nSPS) is 16.5. The number of ether oxygens (including phenoxy) is 2. The van der Waals surface area contributed by atoms with Gasteiger partial charge in [-0.05, 0) is 31.4 Å². The number of anilines is 1. The van der Waals surface area contributed by atoms with Gasteiger partial charge >= 0.3 is 0 Å². The lowest BCUT2D eigenvalue weighted by atomic mass is 10.1. The van der Waals surface area contributed by atoms with Gasteiger partial charge in [-0.25, -0.2) is 0 Å². The van der Waals surface area contributed by atoms with Crippen molar-refractivity contribution in [2.24, 2.45) is 5.73 Å². The lowest BCUT2D eigenvalue weighted by Gasteiger charge is -2.17. The second-order valence-electron chi connectivity index (χ2n) is 4.74. The lowest BCUT2D eigenvalue weighted by molar-refractivity contribution is 0.395. The highest BCUT2D eigenvalue weighted by atomic mass is 16.5. The number of hydrogen-bond donors (Lipinski definition) is 2. The molecule has 1 aromatic carbocycles. The molecule has 2 rings (SSSR count). The monoisotopic (exact) mass is 236 g/mol. The molecule has 1 saturated carbocycles. The van der Waals surface area contributed by atoms with Crippen LogP contribution in [0.15, 0.2) is 12.1 Å². The van der Waals surface area contributed by atoms with E-state index in [1.54, 1.807) is 14.2 Å². The van der Waals surface area contributed by atoms with Gasteiger partial charge in [-0.3, -0.25) is 0 Å². The number of rotatable bonds is 5. The molecule has 0 atom stereocenters. The molecule has 1 aromatic rings. The van der Waals surface area contributed by atoms with Crippen molar-refractivity contribution in [1.82, 2.24) is 0 Å². The van der Waals surface area contributed by atoms with E-state index in [0.717, 1.165) is 42.1 Å². The molecule has 3 N–H and O–H groups in total. The van der Waals surface area contributed by atoms with Crippen molar-refractivity contribution < 1.29 is 9.47 Å². The third kappa shape index (κ3) is 2.64. The van der Waals surface area contributed by atoms with Crippen LogP contribution in [-0.2, 0) is 0 Å². The van der Waals surface area contributed by atoms with Crippen molar-refractivity contribution in [3.63, 3.8) is 0 Å². The maximum atomic E-state index is 6.06. The Morgan fingerprint density at radius 3 is 2.53 bits per heavy atom. The minimum Gasteiger partial charge on any atom is -0.497 e. The molecule has 0 bridgehead atoms. The highest BCUT2D eigenvalue weighted by Gasteiger charge is 2.38. The summed E-state index contributed by atoms with van der Waals surface area (Å²) in [5.74, 6) is 1.60.